The number of ether oxygens (including phenoxy) is 1. The van der Waals surface area contributed by atoms with Gasteiger partial charge in [-0.3, -0.25) is 4.79 Å². The third kappa shape index (κ3) is 3.51. The predicted octanol–water partition coefficient (Wildman–Crippen LogP) is 2.45. The molecular formula is C19H24N2O4S2. The highest BCUT2D eigenvalue weighted by Gasteiger charge is 2.46. The van der Waals surface area contributed by atoms with Gasteiger partial charge in [0.15, 0.2) is 0 Å². The van der Waals surface area contributed by atoms with E-state index in [0.717, 1.165) is 22.9 Å². The Kier molecular flexibility index (Phi) is 5.00. The molecule has 0 radical (unpaired) electrons. The van der Waals surface area contributed by atoms with E-state index in [9.17, 15) is 13.2 Å². The van der Waals surface area contributed by atoms with Crippen LogP contribution in [-0.4, -0.2) is 51.0 Å². The molecule has 2 aliphatic rings. The van der Waals surface area contributed by atoms with Crippen LogP contribution in [-0.2, 0) is 19.6 Å². The van der Waals surface area contributed by atoms with Crippen molar-refractivity contribution in [3.8, 4) is 0 Å². The maximum absolute atomic E-state index is 13.2. The van der Waals surface area contributed by atoms with Crippen LogP contribution in [0.4, 0.5) is 0 Å². The average molecular weight is 409 g/mol. The summed E-state index contributed by atoms with van der Waals surface area (Å²) in [6.45, 7) is 2.54. The third-order valence-electron chi connectivity index (χ3n) is 5.77. The summed E-state index contributed by atoms with van der Waals surface area (Å²) in [6, 6.07) is 9.45. The van der Waals surface area contributed by atoms with Crippen molar-refractivity contribution in [2.24, 2.45) is 11.8 Å². The van der Waals surface area contributed by atoms with Crippen LogP contribution in [0.2, 0.25) is 0 Å². The monoisotopic (exact) mass is 408 g/mol. The Balaban J connectivity index is 1.55. The molecule has 1 N–H and O–H groups in total. The average Bonchev–Trinajstić information content (AvgIpc) is 3.24. The fraction of sp³-hybridized carbons (Fsp3) is 0.526. The van der Waals surface area contributed by atoms with Crippen molar-refractivity contribution in [3.05, 3.63) is 30.3 Å². The SMILES string of the molecule is CO[C@@H]1C[C@H]2CN(S(=O)(=O)c3cc4ccccc4s3)C[C@H]2C[C@H]1NC(C)=O. The summed E-state index contributed by atoms with van der Waals surface area (Å²) in [7, 11) is -1.85. The first-order chi connectivity index (χ1) is 12.9. The number of carbonyl (C=O) groups is 1. The van der Waals surface area contributed by atoms with Crippen LogP contribution in [0.25, 0.3) is 10.1 Å². The summed E-state index contributed by atoms with van der Waals surface area (Å²) in [6.07, 6.45) is 1.45. The molecular weight excluding hydrogens is 384 g/mol. The fourth-order valence-electron chi connectivity index (χ4n) is 4.45. The van der Waals surface area contributed by atoms with Gasteiger partial charge in [0.05, 0.1) is 12.1 Å². The first kappa shape index (κ1) is 18.9. The number of fused-ring (bicyclic) bond motifs is 2. The van der Waals surface area contributed by atoms with Crippen molar-refractivity contribution in [1.29, 1.82) is 0 Å². The van der Waals surface area contributed by atoms with Gasteiger partial charge in [-0.1, -0.05) is 18.2 Å². The van der Waals surface area contributed by atoms with Gasteiger partial charge in [0, 0.05) is 31.8 Å². The molecule has 2 aromatic rings. The van der Waals surface area contributed by atoms with Gasteiger partial charge in [0.25, 0.3) is 10.0 Å². The molecule has 2 heterocycles. The molecule has 0 unspecified atom stereocenters. The lowest BCUT2D eigenvalue weighted by Gasteiger charge is -2.37. The number of hydrogen-bond acceptors (Lipinski definition) is 5. The molecule has 1 amide bonds. The smallest absolute Gasteiger partial charge is 0.252 e. The number of nitrogens with one attached hydrogen (secondary N) is 1. The number of thiophene rings is 1. The minimum absolute atomic E-state index is 0.0549. The molecule has 6 nitrogen and oxygen atoms in total. The van der Waals surface area contributed by atoms with Gasteiger partial charge in [-0.05, 0) is 42.2 Å². The highest BCUT2D eigenvalue weighted by molar-refractivity contribution is 7.91. The highest BCUT2D eigenvalue weighted by atomic mass is 32.2. The Labute approximate surface area is 163 Å². The Morgan fingerprint density at radius 2 is 1.93 bits per heavy atom. The minimum atomic E-state index is -3.50. The van der Waals surface area contributed by atoms with Crippen LogP contribution in [0.3, 0.4) is 0 Å². The van der Waals surface area contributed by atoms with Crippen molar-refractivity contribution < 1.29 is 17.9 Å². The standard InChI is InChI=1S/C19H24N2O4S2/c1-12(22)20-16-7-14-10-21(11-15(14)8-17(16)25-2)27(23,24)19-9-13-5-3-4-6-18(13)26-19/h3-6,9,14-17H,7-8,10-11H2,1-2H3,(H,20,22)/t14-,15+,16-,17-/m1/s1. The van der Waals surface area contributed by atoms with E-state index in [1.807, 2.05) is 24.3 Å². The van der Waals surface area contributed by atoms with E-state index in [2.05, 4.69) is 5.32 Å². The Hall–Kier alpha value is -1.48. The summed E-state index contributed by atoms with van der Waals surface area (Å²) in [4.78, 5) is 11.5. The first-order valence-electron chi connectivity index (χ1n) is 9.17. The number of nitrogens with zero attached hydrogens (tertiary/aromatic N) is 1. The molecule has 1 saturated carbocycles. The van der Waals surface area contributed by atoms with Gasteiger partial charge in [-0.2, -0.15) is 4.31 Å². The molecule has 1 aliphatic heterocycles. The van der Waals surface area contributed by atoms with Crippen molar-refractivity contribution in [2.75, 3.05) is 20.2 Å². The molecule has 1 saturated heterocycles. The van der Waals surface area contributed by atoms with E-state index < -0.39 is 10.0 Å². The summed E-state index contributed by atoms with van der Waals surface area (Å²) < 4.78 is 35.0. The van der Waals surface area contributed by atoms with Crippen LogP contribution in [0.15, 0.2) is 34.5 Å². The number of rotatable bonds is 4. The van der Waals surface area contributed by atoms with Gasteiger partial charge in [0.2, 0.25) is 5.91 Å². The maximum Gasteiger partial charge on any atom is 0.252 e. The number of sulfonamides is 1. The molecule has 0 bridgehead atoms. The zero-order chi connectivity index (χ0) is 19.2. The number of hydrogen-bond donors (Lipinski definition) is 1. The van der Waals surface area contributed by atoms with E-state index in [1.165, 1.54) is 18.3 Å². The lowest BCUT2D eigenvalue weighted by atomic mass is 9.77. The molecule has 4 rings (SSSR count). The fourth-order valence-corrected chi connectivity index (χ4v) is 7.56. The Morgan fingerprint density at radius 3 is 2.59 bits per heavy atom. The van der Waals surface area contributed by atoms with Gasteiger partial charge in [-0.15, -0.1) is 11.3 Å². The number of carbonyl (C=O) groups excluding carboxylic acids is 1. The second-order valence-electron chi connectivity index (χ2n) is 7.50. The highest BCUT2D eigenvalue weighted by Crippen LogP contribution is 2.41. The first-order valence-corrected chi connectivity index (χ1v) is 11.4. The van der Waals surface area contributed by atoms with Crippen LogP contribution in [0.1, 0.15) is 19.8 Å². The quantitative estimate of drug-likeness (QED) is 0.843. The van der Waals surface area contributed by atoms with E-state index in [-0.39, 0.29) is 29.9 Å². The lowest BCUT2D eigenvalue weighted by Crippen LogP contribution is -2.49. The summed E-state index contributed by atoms with van der Waals surface area (Å²) in [5.41, 5.74) is 0. The minimum Gasteiger partial charge on any atom is -0.379 e. The lowest BCUT2D eigenvalue weighted by molar-refractivity contribution is -0.121. The summed E-state index contributed by atoms with van der Waals surface area (Å²) in [5.74, 6) is 0.440. The molecule has 4 atom stereocenters. The normalized spacial score (nSPS) is 29.0. The second kappa shape index (κ2) is 7.16. The van der Waals surface area contributed by atoms with Crippen molar-refractivity contribution >= 4 is 37.4 Å². The van der Waals surface area contributed by atoms with Gasteiger partial charge >= 0.3 is 0 Å². The summed E-state index contributed by atoms with van der Waals surface area (Å²) in [5, 5.41) is 3.93. The topological polar surface area (TPSA) is 75.7 Å². The molecule has 146 valence electrons. The molecule has 0 spiro atoms. The number of methoxy groups -OCH3 is 1. The zero-order valence-electron chi connectivity index (χ0n) is 15.4. The molecule has 1 aliphatic carbocycles. The van der Waals surface area contributed by atoms with E-state index in [1.54, 1.807) is 17.5 Å². The molecule has 1 aromatic carbocycles. The molecule has 27 heavy (non-hydrogen) atoms. The predicted molar refractivity (Wildman–Crippen MR) is 105 cm³/mol. The number of amides is 1. The van der Waals surface area contributed by atoms with Crippen molar-refractivity contribution in [3.63, 3.8) is 0 Å². The molecule has 1 aromatic heterocycles. The van der Waals surface area contributed by atoms with E-state index in [0.29, 0.717) is 17.3 Å². The van der Waals surface area contributed by atoms with Crippen LogP contribution in [0, 0.1) is 11.8 Å². The van der Waals surface area contributed by atoms with Gasteiger partial charge in [0.1, 0.15) is 4.21 Å². The second-order valence-corrected chi connectivity index (χ2v) is 10.7. The Bertz CT molecular complexity index is 923. The van der Waals surface area contributed by atoms with Crippen LogP contribution in [0.5, 0.6) is 0 Å². The van der Waals surface area contributed by atoms with Crippen LogP contribution >= 0.6 is 11.3 Å². The van der Waals surface area contributed by atoms with E-state index in [4.69, 9.17) is 4.74 Å². The largest absolute Gasteiger partial charge is 0.379 e. The Morgan fingerprint density at radius 1 is 1.22 bits per heavy atom. The van der Waals surface area contributed by atoms with Gasteiger partial charge in [-0.25, -0.2) is 8.42 Å². The van der Waals surface area contributed by atoms with Crippen LogP contribution < -0.4 is 5.32 Å². The van der Waals surface area contributed by atoms with Gasteiger partial charge < -0.3 is 10.1 Å². The number of benzene rings is 1. The zero-order valence-corrected chi connectivity index (χ0v) is 17.1. The molecule has 8 heteroatoms. The van der Waals surface area contributed by atoms with Crippen molar-refractivity contribution in [1.82, 2.24) is 9.62 Å². The third-order valence-corrected chi connectivity index (χ3v) is 9.17. The maximum atomic E-state index is 13.2. The summed E-state index contributed by atoms with van der Waals surface area (Å²) >= 11 is 1.33. The van der Waals surface area contributed by atoms with E-state index >= 15 is 0 Å². The molecule has 2 fully saturated rings. The van der Waals surface area contributed by atoms with Crippen molar-refractivity contribution in [2.45, 2.75) is 36.1 Å².